The second kappa shape index (κ2) is 14.0. The molecule has 160 valence electrons. The summed E-state index contributed by atoms with van der Waals surface area (Å²) < 4.78 is 63.4. The first-order valence-electron chi connectivity index (χ1n) is 9.68. The smallest absolute Gasteiger partial charge is 0.485 e. The quantitative estimate of drug-likeness (QED) is 0.214. The maximum Gasteiger partial charge on any atom is 0.485 e. The van der Waals surface area contributed by atoms with E-state index in [1.807, 2.05) is 0 Å². The first kappa shape index (κ1) is 25.9. The molecular formula is C18H33F3N2O3S. The molecule has 0 radical (unpaired) electrons. The Balaban J connectivity index is 0.000000713. The molecule has 1 heterocycles. The summed E-state index contributed by atoms with van der Waals surface area (Å²) >= 11 is 0. The zero-order chi connectivity index (χ0) is 20.8. The maximum atomic E-state index is 10.7. The van der Waals surface area contributed by atoms with Gasteiger partial charge >= 0.3 is 5.51 Å². The summed E-state index contributed by atoms with van der Waals surface area (Å²) in [7, 11) is -6.09. The zero-order valence-electron chi connectivity index (χ0n) is 16.4. The van der Waals surface area contributed by atoms with Gasteiger partial charge in [-0.2, -0.15) is 13.2 Å². The summed E-state index contributed by atoms with van der Waals surface area (Å²) in [6, 6.07) is 0. The molecule has 1 aromatic rings. The van der Waals surface area contributed by atoms with Gasteiger partial charge in [-0.05, 0) is 19.8 Å². The van der Waals surface area contributed by atoms with Gasteiger partial charge in [0.05, 0.1) is 13.1 Å². The molecule has 9 heteroatoms. The van der Waals surface area contributed by atoms with Crippen LogP contribution < -0.4 is 4.57 Å². The number of imidazole rings is 1. The summed E-state index contributed by atoms with van der Waals surface area (Å²) in [5.41, 5.74) is -5.65. The Morgan fingerprint density at radius 3 is 1.74 bits per heavy atom. The molecule has 1 aromatic heterocycles. The molecule has 0 N–H and O–H groups in total. The third-order valence-electron chi connectivity index (χ3n) is 4.16. The summed E-state index contributed by atoms with van der Waals surface area (Å²) in [5, 5.41) is 0. The first-order valence-corrected chi connectivity index (χ1v) is 11.1. The fourth-order valence-electron chi connectivity index (χ4n) is 2.54. The van der Waals surface area contributed by atoms with Crippen LogP contribution in [0.15, 0.2) is 18.7 Å². The molecule has 0 fully saturated rings. The van der Waals surface area contributed by atoms with Gasteiger partial charge in [-0.1, -0.05) is 58.3 Å². The van der Waals surface area contributed by atoms with Crippen molar-refractivity contribution in [2.24, 2.45) is 0 Å². The number of rotatable bonds is 12. The largest absolute Gasteiger partial charge is 0.741 e. The topological polar surface area (TPSA) is 66.0 Å². The highest BCUT2D eigenvalue weighted by atomic mass is 32.2. The van der Waals surface area contributed by atoms with Crippen LogP contribution in [-0.4, -0.2) is 23.0 Å². The summed E-state index contributed by atoms with van der Waals surface area (Å²) in [6.07, 6.45) is 20.7. The van der Waals surface area contributed by atoms with E-state index >= 15 is 0 Å². The van der Waals surface area contributed by atoms with E-state index in [-0.39, 0.29) is 0 Å². The molecular weight excluding hydrogens is 381 g/mol. The van der Waals surface area contributed by atoms with Crippen molar-refractivity contribution in [2.75, 3.05) is 0 Å². The number of aryl methyl sites for hydroxylation is 2. The zero-order valence-corrected chi connectivity index (χ0v) is 17.2. The van der Waals surface area contributed by atoms with Gasteiger partial charge in [-0.15, -0.1) is 0 Å². The summed E-state index contributed by atoms with van der Waals surface area (Å²) in [5.74, 6) is 0. The second-order valence-electron chi connectivity index (χ2n) is 6.56. The number of halogens is 3. The predicted octanol–water partition coefficient (Wildman–Crippen LogP) is 4.77. The van der Waals surface area contributed by atoms with Gasteiger partial charge in [0, 0.05) is 0 Å². The fraction of sp³-hybridized carbons (Fsp3) is 0.833. The fourth-order valence-corrected chi connectivity index (χ4v) is 2.54. The van der Waals surface area contributed by atoms with Crippen molar-refractivity contribution in [1.29, 1.82) is 0 Å². The van der Waals surface area contributed by atoms with Crippen molar-refractivity contribution in [1.82, 2.24) is 4.57 Å². The number of hydrogen-bond donors (Lipinski definition) is 0. The average Bonchev–Trinajstić information content (AvgIpc) is 3.03. The van der Waals surface area contributed by atoms with E-state index in [4.69, 9.17) is 13.0 Å². The number of nitrogens with zero attached hydrogens (tertiary/aromatic N) is 2. The van der Waals surface area contributed by atoms with Crippen LogP contribution in [0.5, 0.6) is 0 Å². The molecule has 0 unspecified atom stereocenters. The number of unbranched alkanes of at least 4 members (excludes halogenated alkanes) is 9. The van der Waals surface area contributed by atoms with Gasteiger partial charge in [-0.25, -0.2) is 17.6 Å². The number of hydrogen-bond acceptors (Lipinski definition) is 3. The second-order valence-corrected chi connectivity index (χ2v) is 7.93. The van der Waals surface area contributed by atoms with E-state index in [1.165, 1.54) is 70.8 Å². The molecule has 0 saturated carbocycles. The van der Waals surface area contributed by atoms with Crippen LogP contribution in [0.4, 0.5) is 13.2 Å². The molecule has 0 aliphatic heterocycles. The molecule has 0 aliphatic rings. The molecule has 5 nitrogen and oxygen atoms in total. The molecule has 0 bridgehead atoms. The Hall–Kier alpha value is -1.09. The van der Waals surface area contributed by atoms with Crippen LogP contribution in [0, 0.1) is 0 Å². The van der Waals surface area contributed by atoms with Crippen LogP contribution in [0.2, 0.25) is 0 Å². The van der Waals surface area contributed by atoms with E-state index < -0.39 is 15.6 Å². The third-order valence-corrected chi connectivity index (χ3v) is 4.73. The lowest BCUT2D eigenvalue weighted by Crippen LogP contribution is -2.30. The number of alkyl halides is 3. The van der Waals surface area contributed by atoms with Crippen molar-refractivity contribution in [3.05, 3.63) is 18.7 Å². The molecule has 0 aromatic carbocycles. The maximum absolute atomic E-state index is 10.7. The highest BCUT2D eigenvalue weighted by Gasteiger charge is 2.36. The SMILES string of the molecule is CCCCCCCCCCCC[n+]1ccn(CC)c1.O=S(=O)([O-])C(F)(F)F. The van der Waals surface area contributed by atoms with Crippen LogP contribution >= 0.6 is 0 Å². The van der Waals surface area contributed by atoms with Crippen LogP contribution in [0.25, 0.3) is 0 Å². The standard InChI is InChI=1S/C17H33N2.CHF3O3S/c1-3-5-6-7-8-9-10-11-12-13-14-19-16-15-18(4-2)17-19;2-1(3,4)8(5,6)7/h15-17H,3-14H2,1-2H3;(H,5,6,7)/q+1;/p-1. The Kier molecular flexibility index (Phi) is 13.4. The van der Waals surface area contributed by atoms with Gasteiger partial charge in [-0.3, -0.25) is 0 Å². The minimum Gasteiger partial charge on any atom is -0.741 e. The highest BCUT2D eigenvalue weighted by Crippen LogP contribution is 2.20. The van der Waals surface area contributed by atoms with Gasteiger partial charge < -0.3 is 4.55 Å². The molecule has 0 aliphatic carbocycles. The van der Waals surface area contributed by atoms with Gasteiger partial charge in [0.25, 0.3) is 0 Å². The Labute approximate surface area is 161 Å². The van der Waals surface area contributed by atoms with Gasteiger partial charge in [0.1, 0.15) is 12.4 Å². The van der Waals surface area contributed by atoms with Crippen molar-refractivity contribution >= 4 is 10.1 Å². The molecule has 27 heavy (non-hydrogen) atoms. The minimum absolute atomic E-state index is 1.07. The van der Waals surface area contributed by atoms with E-state index in [2.05, 4.69) is 41.7 Å². The Morgan fingerprint density at radius 1 is 0.926 bits per heavy atom. The molecule has 0 spiro atoms. The lowest BCUT2D eigenvalue weighted by Gasteiger charge is -2.08. The number of aromatic nitrogens is 2. The molecule has 0 amide bonds. The average molecular weight is 415 g/mol. The molecule has 0 saturated heterocycles. The molecule has 1 rings (SSSR count). The summed E-state index contributed by atoms with van der Waals surface area (Å²) in [6.45, 7) is 6.73. The lowest BCUT2D eigenvalue weighted by molar-refractivity contribution is -0.696. The van der Waals surface area contributed by atoms with Crippen molar-refractivity contribution < 1.29 is 30.7 Å². The van der Waals surface area contributed by atoms with E-state index in [1.54, 1.807) is 0 Å². The van der Waals surface area contributed by atoms with Gasteiger partial charge in [0.2, 0.25) is 6.33 Å². The Bertz CT molecular complexity index is 587. The van der Waals surface area contributed by atoms with Crippen LogP contribution in [0.3, 0.4) is 0 Å². The monoisotopic (exact) mass is 414 g/mol. The third kappa shape index (κ3) is 13.7. The van der Waals surface area contributed by atoms with Crippen LogP contribution in [0.1, 0.15) is 78.1 Å². The predicted molar refractivity (Wildman–Crippen MR) is 97.9 cm³/mol. The van der Waals surface area contributed by atoms with Gasteiger partial charge in [0.15, 0.2) is 10.1 Å². The van der Waals surface area contributed by atoms with E-state index in [9.17, 15) is 13.2 Å². The minimum atomic E-state index is -6.09. The lowest BCUT2D eigenvalue weighted by atomic mass is 10.1. The van der Waals surface area contributed by atoms with Crippen molar-refractivity contribution in [3.8, 4) is 0 Å². The van der Waals surface area contributed by atoms with Crippen LogP contribution in [-0.2, 0) is 23.2 Å². The normalized spacial score (nSPS) is 11.9. The van der Waals surface area contributed by atoms with E-state index in [0.717, 1.165) is 6.54 Å². The molecule has 0 atom stereocenters. The van der Waals surface area contributed by atoms with Crippen molar-refractivity contribution in [2.45, 2.75) is 96.7 Å². The van der Waals surface area contributed by atoms with Crippen molar-refractivity contribution in [3.63, 3.8) is 0 Å². The summed E-state index contributed by atoms with van der Waals surface area (Å²) in [4.78, 5) is 0. The Morgan fingerprint density at radius 2 is 1.37 bits per heavy atom. The first-order chi connectivity index (χ1) is 12.6. The highest BCUT2D eigenvalue weighted by molar-refractivity contribution is 7.86. The van der Waals surface area contributed by atoms with E-state index in [0.29, 0.717) is 0 Å².